The van der Waals surface area contributed by atoms with Crippen molar-refractivity contribution in [1.29, 1.82) is 0 Å². The highest BCUT2D eigenvalue weighted by molar-refractivity contribution is 5.15. The molecule has 0 bridgehead atoms. The summed E-state index contributed by atoms with van der Waals surface area (Å²) in [6.45, 7) is 8.11. The molecule has 0 saturated heterocycles. The number of nitrogens with one attached hydrogen (secondary N) is 1. The number of unbranched alkanes of at least 4 members (excludes halogenated alkanes) is 3. The highest BCUT2D eigenvalue weighted by Crippen LogP contribution is 2.26. The fourth-order valence-electron chi connectivity index (χ4n) is 2.52. The maximum Gasteiger partial charge on any atom is 0.0146 e. The first-order valence-electron chi connectivity index (χ1n) is 6.69. The quantitative estimate of drug-likeness (QED) is 0.645. The van der Waals surface area contributed by atoms with Gasteiger partial charge in [0.2, 0.25) is 0 Å². The van der Waals surface area contributed by atoms with Crippen LogP contribution in [0.5, 0.6) is 0 Å². The zero-order valence-electron chi connectivity index (χ0n) is 10.7. The standard InChI is InChI=1S/C14H27N/c1-4-5-6-7-9-12(2)14-10-8-11-15-13(14)3/h12,15H,4-11H2,1-3H3. The van der Waals surface area contributed by atoms with Gasteiger partial charge < -0.3 is 5.32 Å². The van der Waals surface area contributed by atoms with Crippen molar-refractivity contribution in [2.75, 3.05) is 6.54 Å². The summed E-state index contributed by atoms with van der Waals surface area (Å²) < 4.78 is 0. The Morgan fingerprint density at radius 2 is 2.07 bits per heavy atom. The average molecular weight is 209 g/mol. The maximum absolute atomic E-state index is 3.49. The molecule has 0 aromatic carbocycles. The molecule has 0 aliphatic carbocycles. The minimum Gasteiger partial charge on any atom is -0.389 e. The first-order valence-corrected chi connectivity index (χ1v) is 6.69. The molecule has 1 nitrogen and oxygen atoms in total. The van der Waals surface area contributed by atoms with Gasteiger partial charge in [0.15, 0.2) is 0 Å². The molecule has 1 unspecified atom stereocenters. The Morgan fingerprint density at radius 3 is 2.73 bits per heavy atom. The van der Waals surface area contributed by atoms with Crippen LogP contribution in [0.4, 0.5) is 0 Å². The van der Waals surface area contributed by atoms with Gasteiger partial charge in [-0.05, 0) is 37.7 Å². The molecule has 1 heteroatoms. The van der Waals surface area contributed by atoms with Crippen molar-refractivity contribution in [3.05, 3.63) is 11.3 Å². The third-order valence-corrected chi connectivity index (χ3v) is 3.58. The van der Waals surface area contributed by atoms with Crippen molar-refractivity contribution < 1.29 is 0 Å². The third-order valence-electron chi connectivity index (χ3n) is 3.58. The average Bonchev–Trinajstić information content (AvgIpc) is 2.25. The molecule has 0 fully saturated rings. The monoisotopic (exact) mass is 209 g/mol. The van der Waals surface area contributed by atoms with Gasteiger partial charge in [-0.2, -0.15) is 0 Å². The molecule has 1 aliphatic heterocycles. The smallest absolute Gasteiger partial charge is 0.0146 e. The second-order valence-corrected chi connectivity index (χ2v) is 4.93. The first kappa shape index (κ1) is 12.6. The van der Waals surface area contributed by atoms with Crippen molar-refractivity contribution in [3.8, 4) is 0 Å². The molecule has 1 heterocycles. The van der Waals surface area contributed by atoms with Gasteiger partial charge in [0.1, 0.15) is 0 Å². The van der Waals surface area contributed by atoms with E-state index < -0.39 is 0 Å². The molecule has 0 aromatic heterocycles. The zero-order chi connectivity index (χ0) is 11.1. The molecule has 0 aromatic rings. The highest BCUT2D eigenvalue weighted by atomic mass is 14.9. The summed E-state index contributed by atoms with van der Waals surface area (Å²) in [6, 6.07) is 0. The van der Waals surface area contributed by atoms with E-state index in [0.717, 1.165) is 5.92 Å². The summed E-state index contributed by atoms with van der Waals surface area (Å²) in [4.78, 5) is 0. The second-order valence-electron chi connectivity index (χ2n) is 4.93. The van der Waals surface area contributed by atoms with Gasteiger partial charge in [0.05, 0.1) is 0 Å². The highest BCUT2D eigenvalue weighted by Gasteiger charge is 2.14. The fraction of sp³-hybridized carbons (Fsp3) is 0.857. The van der Waals surface area contributed by atoms with Crippen LogP contribution in [0, 0.1) is 5.92 Å². The van der Waals surface area contributed by atoms with Crippen molar-refractivity contribution >= 4 is 0 Å². The molecule has 1 rings (SSSR count). The molecule has 0 spiro atoms. The summed E-state index contributed by atoms with van der Waals surface area (Å²) in [5, 5.41) is 3.49. The Morgan fingerprint density at radius 1 is 1.27 bits per heavy atom. The maximum atomic E-state index is 3.49. The van der Waals surface area contributed by atoms with E-state index in [2.05, 4.69) is 26.1 Å². The van der Waals surface area contributed by atoms with Gasteiger partial charge in [-0.15, -0.1) is 0 Å². The minimum atomic E-state index is 0.801. The van der Waals surface area contributed by atoms with Gasteiger partial charge in [-0.1, -0.05) is 39.5 Å². The van der Waals surface area contributed by atoms with Crippen LogP contribution >= 0.6 is 0 Å². The summed E-state index contributed by atoms with van der Waals surface area (Å²) in [6.07, 6.45) is 9.61. The molecular formula is C14H27N. The van der Waals surface area contributed by atoms with E-state index in [1.54, 1.807) is 5.57 Å². The number of hydrogen-bond acceptors (Lipinski definition) is 1. The lowest BCUT2D eigenvalue weighted by molar-refractivity contribution is 0.500. The van der Waals surface area contributed by atoms with Crippen LogP contribution in [0.3, 0.4) is 0 Å². The van der Waals surface area contributed by atoms with Crippen LogP contribution < -0.4 is 5.32 Å². The van der Waals surface area contributed by atoms with Gasteiger partial charge in [-0.25, -0.2) is 0 Å². The van der Waals surface area contributed by atoms with Crippen LogP contribution in [-0.2, 0) is 0 Å². The number of rotatable bonds is 6. The van der Waals surface area contributed by atoms with Gasteiger partial charge in [0, 0.05) is 12.2 Å². The van der Waals surface area contributed by atoms with Crippen molar-refractivity contribution in [3.63, 3.8) is 0 Å². The van der Waals surface area contributed by atoms with E-state index in [1.807, 2.05) is 0 Å². The van der Waals surface area contributed by atoms with Gasteiger partial charge >= 0.3 is 0 Å². The van der Waals surface area contributed by atoms with Crippen molar-refractivity contribution in [2.24, 2.45) is 5.92 Å². The topological polar surface area (TPSA) is 12.0 Å². The summed E-state index contributed by atoms with van der Waals surface area (Å²) >= 11 is 0. The molecule has 15 heavy (non-hydrogen) atoms. The van der Waals surface area contributed by atoms with Crippen LogP contribution in [-0.4, -0.2) is 6.54 Å². The molecule has 1 atom stereocenters. The van der Waals surface area contributed by atoms with Crippen LogP contribution in [0.25, 0.3) is 0 Å². The molecule has 1 N–H and O–H groups in total. The van der Waals surface area contributed by atoms with E-state index in [4.69, 9.17) is 0 Å². The van der Waals surface area contributed by atoms with Crippen LogP contribution in [0.15, 0.2) is 11.3 Å². The van der Waals surface area contributed by atoms with E-state index >= 15 is 0 Å². The minimum absolute atomic E-state index is 0.801. The van der Waals surface area contributed by atoms with E-state index in [9.17, 15) is 0 Å². The predicted octanol–water partition coefficient (Wildman–Crippen LogP) is 4.25. The van der Waals surface area contributed by atoms with Crippen LogP contribution in [0.2, 0.25) is 0 Å². The summed E-state index contributed by atoms with van der Waals surface area (Å²) in [5.74, 6) is 0.801. The van der Waals surface area contributed by atoms with Gasteiger partial charge in [-0.3, -0.25) is 0 Å². The summed E-state index contributed by atoms with van der Waals surface area (Å²) in [5.41, 5.74) is 3.15. The summed E-state index contributed by atoms with van der Waals surface area (Å²) in [7, 11) is 0. The Labute approximate surface area is 95.3 Å². The molecular weight excluding hydrogens is 182 g/mol. The third kappa shape index (κ3) is 4.27. The van der Waals surface area contributed by atoms with Crippen molar-refractivity contribution in [1.82, 2.24) is 5.32 Å². The zero-order valence-corrected chi connectivity index (χ0v) is 10.7. The lowest BCUT2D eigenvalue weighted by atomic mass is 9.88. The van der Waals surface area contributed by atoms with Crippen LogP contribution in [0.1, 0.15) is 65.7 Å². The number of hydrogen-bond donors (Lipinski definition) is 1. The molecule has 88 valence electrons. The Hall–Kier alpha value is -0.460. The van der Waals surface area contributed by atoms with E-state index in [-0.39, 0.29) is 0 Å². The molecule has 0 saturated carbocycles. The lowest BCUT2D eigenvalue weighted by Crippen LogP contribution is -2.22. The number of allylic oxidation sites excluding steroid dienone is 2. The Bertz CT molecular complexity index is 205. The van der Waals surface area contributed by atoms with E-state index in [0.29, 0.717) is 0 Å². The predicted molar refractivity (Wildman–Crippen MR) is 67.9 cm³/mol. The lowest BCUT2D eigenvalue weighted by Gasteiger charge is -2.24. The van der Waals surface area contributed by atoms with Crippen molar-refractivity contribution in [2.45, 2.75) is 65.7 Å². The molecule has 1 aliphatic rings. The normalized spacial score (nSPS) is 18.9. The fourth-order valence-corrected chi connectivity index (χ4v) is 2.52. The SMILES string of the molecule is CCCCCCC(C)C1=C(C)NCCC1. The van der Waals surface area contributed by atoms with E-state index in [1.165, 1.54) is 57.2 Å². The first-order chi connectivity index (χ1) is 7.25. The Kier molecular flexibility index (Phi) is 5.82. The molecule has 0 radical (unpaired) electrons. The molecule has 0 amide bonds. The second kappa shape index (κ2) is 6.92. The van der Waals surface area contributed by atoms with Gasteiger partial charge in [0.25, 0.3) is 0 Å². The largest absolute Gasteiger partial charge is 0.389 e. The Balaban J connectivity index is 2.29.